The number of aryl methyl sites for hydroxylation is 3. The Morgan fingerprint density at radius 1 is 1.39 bits per heavy atom. The summed E-state index contributed by atoms with van der Waals surface area (Å²) in [6.07, 6.45) is 7.91. The number of pyridine rings is 1. The number of aromatic nitrogens is 3. The van der Waals surface area contributed by atoms with Crippen molar-refractivity contribution >= 4 is 29.3 Å². The Labute approximate surface area is 197 Å². The number of carbonyl (C=O) groups is 2. The molecule has 0 bridgehead atoms. The molecular weight excluding hydrogens is 446 g/mol. The number of nitrogens with zero attached hydrogens (tertiary/aromatic N) is 3. The van der Waals surface area contributed by atoms with Gasteiger partial charge in [0.15, 0.2) is 0 Å². The van der Waals surface area contributed by atoms with Gasteiger partial charge in [-0.05, 0) is 56.1 Å². The molecule has 1 amide bonds. The van der Waals surface area contributed by atoms with Crippen molar-refractivity contribution in [3.05, 3.63) is 40.3 Å². The minimum Gasteiger partial charge on any atom is -0.480 e. The first-order valence-corrected chi connectivity index (χ1v) is 11.8. The lowest BCUT2D eigenvalue weighted by atomic mass is 9.79. The van der Waals surface area contributed by atoms with Crippen molar-refractivity contribution < 1.29 is 19.4 Å². The number of carboxylic acids is 1. The highest BCUT2D eigenvalue weighted by atomic mass is 35.5. The molecule has 9 nitrogen and oxygen atoms in total. The van der Waals surface area contributed by atoms with Crippen LogP contribution in [0.3, 0.4) is 0 Å². The van der Waals surface area contributed by atoms with E-state index in [0.29, 0.717) is 5.92 Å². The second-order valence-corrected chi connectivity index (χ2v) is 9.23. The monoisotopic (exact) mass is 475 g/mol. The van der Waals surface area contributed by atoms with Crippen LogP contribution in [0.15, 0.2) is 18.3 Å². The first-order valence-electron chi connectivity index (χ1n) is 11.5. The van der Waals surface area contributed by atoms with Crippen molar-refractivity contribution in [1.29, 1.82) is 0 Å². The van der Waals surface area contributed by atoms with Crippen molar-refractivity contribution in [3.8, 4) is 0 Å². The van der Waals surface area contributed by atoms with Crippen LogP contribution in [0.1, 0.15) is 53.8 Å². The topological polar surface area (TPSA) is 118 Å². The van der Waals surface area contributed by atoms with Gasteiger partial charge in [0.2, 0.25) is 0 Å². The number of carboxylic acid groups (broad SMARTS) is 1. The van der Waals surface area contributed by atoms with Crippen molar-refractivity contribution in [3.63, 3.8) is 0 Å². The molecule has 10 heteroatoms. The molecular formula is C23H30ClN5O4. The summed E-state index contributed by atoms with van der Waals surface area (Å²) in [5.74, 6) is -0.0343. The molecule has 33 heavy (non-hydrogen) atoms. The first-order chi connectivity index (χ1) is 15.9. The summed E-state index contributed by atoms with van der Waals surface area (Å²) in [5.41, 5.74) is 2.57. The largest absolute Gasteiger partial charge is 0.480 e. The van der Waals surface area contributed by atoms with E-state index in [-0.39, 0.29) is 29.8 Å². The third-order valence-electron chi connectivity index (χ3n) is 6.43. The maximum Gasteiger partial charge on any atom is 0.326 e. The average Bonchev–Trinajstić information content (AvgIpc) is 3.11. The van der Waals surface area contributed by atoms with E-state index in [2.05, 4.69) is 27.9 Å². The Hall–Kier alpha value is -2.65. The number of aliphatic carboxylic acids is 1. The molecule has 4 rings (SSSR count). The van der Waals surface area contributed by atoms with Crippen molar-refractivity contribution in [2.75, 3.05) is 18.5 Å². The van der Waals surface area contributed by atoms with E-state index in [0.717, 1.165) is 56.6 Å². The molecule has 3 heterocycles. The molecule has 0 aromatic carbocycles. The standard InChI is InChI=1S/C23H30ClN5O4/c1-29-20(18(24)13-26-29)22(30)28-19(23(31)32)8-10-33-17-11-14(12-17)4-6-16-7-5-15-3-2-9-25-21(15)27-16/h5,7,13-14,17,19H,2-4,6,8-12H2,1H3,(H,25,27)(H,28,30)(H,31,32). The zero-order valence-electron chi connectivity index (χ0n) is 18.7. The van der Waals surface area contributed by atoms with Gasteiger partial charge in [-0.15, -0.1) is 0 Å². The predicted molar refractivity (Wildman–Crippen MR) is 124 cm³/mol. The molecule has 3 N–H and O–H groups in total. The number of amides is 1. The van der Waals surface area contributed by atoms with Crippen LogP contribution in [0.2, 0.25) is 5.02 Å². The van der Waals surface area contributed by atoms with Crippen molar-refractivity contribution in [2.24, 2.45) is 13.0 Å². The van der Waals surface area contributed by atoms with E-state index in [1.807, 2.05) is 0 Å². The summed E-state index contributed by atoms with van der Waals surface area (Å²) < 4.78 is 7.17. The van der Waals surface area contributed by atoms with E-state index in [4.69, 9.17) is 21.3 Å². The van der Waals surface area contributed by atoms with Gasteiger partial charge in [-0.25, -0.2) is 9.78 Å². The highest BCUT2D eigenvalue weighted by Gasteiger charge is 2.30. The van der Waals surface area contributed by atoms with Gasteiger partial charge >= 0.3 is 5.97 Å². The lowest BCUT2D eigenvalue weighted by Crippen LogP contribution is -2.43. The summed E-state index contributed by atoms with van der Waals surface area (Å²) in [7, 11) is 1.57. The number of halogens is 1. The number of carbonyl (C=O) groups excluding carboxylic acids is 1. The zero-order valence-corrected chi connectivity index (χ0v) is 19.5. The fourth-order valence-electron chi connectivity index (χ4n) is 4.41. The van der Waals surface area contributed by atoms with E-state index >= 15 is 0 Å². The van der Waals surface area contributed by atoms with E-state index < -0.39 is 17.9 Å². The quantitative estimate of drug-likeness (QED) is 0.483. The number of rotatable bonds is 10. The number of anilines is 1. The molecule has 1 aliphatic heterocycles. The Morgan fingerprint density at radius 3 is 2.94 bits per heavy atom. The third-order valence-corrected chi connectivity index (χ3v) is 6.70. The van der Waals surface area contributed by atoms with Crippen molar-refractivity contribution in [1.82, 2.24) is 20.1 Å². The summed E-state index contributed by atoms with van der Waals surface area (Å²) in [5, 5.41) is 19.4. The van der Waals surface area contributed by atoms with Crippen LogP contribution in [-0.4, -0.2) is 57.0 Å². The average molecular weight is 476 g/mol. The van der Waals surface area contributed by atoms with Crippen LogP contribution in [0.5, 0.6) is 0 Å². The van der Waals surface area contributed by atoms with Gasteiger partial charge < -0.3 is 20.5 Å². The van der Waals surface area contributed by atoms with Crippen LogP contribution in [0, 0.1) is 5.92 Å². The Morgan fingerprint density at radius 2 is 2.21 bits per heavy atom. The predicted octanol–water partition coefficient (Wildman–Crippen LogP) is 2.83. The maximum absolute atomic E-state index is 12.4. The van der Waals surface area contributed by atoms with E-state index in [9.17, 15) is 14.7 Å². The normalized spacial score (nSPS) is 20.3. The lowest BCUT2D eigenvalue weighted by Gasteiger charge is -2.35. The minimum absolute atomic E-state index is 0.134. The second kappa shape index (κ2) is 10.5. The molecule has 1 unspecified atom stereocenters. The van der Waals surface area contributed by atoms with Crippen LogP contribution in [0.4, 0.5) is 5.82 Å². The van der Waals surface area contributed by atoms with Gasteiger partial charge in [0.1, 0.15) is 17.6 Å². The molecule has 0 saturated heterocycles. The van der Waals surface area contributed by atoms with E-state index in [1.54, 1.807) is 7.05 Å². The Kier molecular flexibility index (Phi) is 7.49. The van der Waals surface area contributed by atoms with E-state index in [1.165, 1.54) is 16.4 Å². The molecule has 1 fully saturated rings. The highest BCUT2D eigenvalue weighted by molar-refractivity contribution is 6.33. The van der Waals surface area contributed by atoms with Crippen LogP contribution < -0.4 is 10.6 Å². The number of nitrogens with one attached hydrogen (secondary N) is 2. The SMILES string of the molecule is Cn1ncc(Cl)c1C(=O)NC(CCOC1CC(CCc2ccc3c(n2)NCCC3)C1)C(=O)O. The van der Waals surface area contributed by atoms with Crippen LogP contribution >= 0.6 is 11.6 Å². The summed E-state index contributed by atoms with van der Waals surface area (Å²) in [4.78, 5) is 28.7. The van der Waals surface area contributed by atoms with Crippen molar-refractivity contribution in [2.45, 2.75) is 57.1 Å². The molecule has 0 radical (unpaired) electrons. The van der Waals surface area contributed by atoms with Gasteiger partial charge in [0.05, 0.1) is 17.3 Å². The molecule has 1 saturated carbocycles. The smallest absolute Gasteiger partial charge is 0.326 e. The molecule has 1 aliphatic carbocycles. The first kappa shape index (κ1) is 23.5. The summed E-state index contributed by atoms with van der Waals surface area (Å²) in [6, 6.07) is 3.27. The van der Waals surface area contributed by atoms with Gasteiger partial charge in [-0.1, -0.05) is 17.7 Å². The molecule has 2 aromatic heterocycles. The lowest BCUT2D eigenvalue weighted by molar-refractivity contribution is -0.140. The summed E-state index contributed by atoms with van der Waals surface area (Å²) in [6.45, 7) is 1.26. The highest BCUT2D eigenvalue weighted by Crippen LogP contribution is 2.34. The fraction of sp³-hybridized carbons (Fsp3) is 0.565. The zero-order chi connectivity index (χ0) is 23.4. The molecule has 0 spiro atoms. The number of hydrogen-bond acceptors (Lipinski definition) is 6. The number of hydrogen-bond donors (Lipinski definition) is 3. The number of fused-ring (bicyclic) bond motifs is 1. The van der Waals surface area contributed by atoms with Gasteiger partial charge in [0, 0.05) is 32.3 Å². The molecule has 1 atom stereocenters. The van der Waals surface area contributed by atoms with Gasteiger partial charge in [0.25, 0.3) is 5.91 Å². The molecule has 2 aromatic rings. The second-order valence-electron chi connectivity index (χ2n) is 8.83. The van der Waals surface area contributed by atoms with Crippen LogP contribution in [0.25, 0.3) is 0 Å². The maximum atomic E-state index is 12.4. The van der Waals surface area contributed by atoms with Gasteiger partial charge in [-0.3, -0.25) is 9.48 Å². The molecule has 2 aliphatic rings. The fourth-order valence-corrected chi connectivity index (χ4v) is 4.66. The minimum atomic E-state index is -1.11. The summed E-state index contributed by atoms with van der Waals surface area (Å²) >= 11 is 5.96. The Bertz CT molecular complexity index is 985. The number of ether oxygens (including phenoxy) is 1. The Balaban J connectivity index is 1.15. The molecule has 178 valence electrons. The van der Waals surface area contributed by atoms with Gasteiger partial charge in [-0.2, -0.15) is 5.10 Å². The van der Waals surface area contributed by atoms with Crippen LogP contribution in [-0.2, 0) is 29.4 Å². The third kappa shape index (κ3) is 5.83.